The van der Waals surface area contributed by atoms with Crippen LogP contribution >= 0.6 is 23.3 Å². The number of rotatable bonds is 3. The van der Waals surface area contributed by atoms with Gasteiger partial charge in [-0.2, -0.15) is 4.57 Å². The van der Waals surface area contributed by atoms with Gasteiger partial charge in [0.25, 0.3) is 0 Å². The van der Waals surface area contributed by atoms with E-state index in [4.69, 9.17) is 13.0 Å². The summed E-state index contributed by atoms with van der Waals surface area (Å²) in [5.41, 5.74) is 1.01. The van der Waals surface area contributed by atoms with Crippen LogP contribution in [0.25, 0.3) is 0 Å². The van der Waals surface area contributed by atoms with E-state index in [1.165, 1.54) is 16.4 Å². The van der Waals surface area contributed by atoms with Crippen molar-refractivity contribution in [1.29, 1.82) is 0 Å². The fourth-order valence-corrected chi connectivity index (χ4v) is 1.96. The Morgan fingerprint density at radius 1 is 1.42 bits per heavy atom. The van der Waals surface area contributed by atoms with E-state index < -0.39 is 10.1 Å². The van der Waals surface area contributed by atoms with Crippen molar-refractivity contribution >= 4 is 33.4 Å². The highest BCUT2D eigenvalue weighted by atomic mass is 32.2. The first-order valence-electron chi connectivity index (χ1n) is 5.08. The van der Waals surface area contributed by atoms with E-state index in [0.717, 1.165) is 12.2 Å². The molecule has 0 amide bonds. The molecular formula is C10H13N3O3S3. The summed E-state index contributed by atoms with van der Waals surface area (Å²) in [6, 6.07) is 4.20. The second-order valence-electron chi connectivity index (χ2n) is 3.51. The van der Waals surface area contributed by atoms with Crippen LogP contribution in [0.5, 0.6) is 0 Å². The lowest BCUT2D eigenvalue weighted by molar-refractivity contribution is -0.689. The second kappa shape index (κ2) is 7.53. The highest BCUT2D eigenvalue weighted by Gasteiger charge is 2.04. The normalized spacial score (nSPS) is 10.7. The number of hydrogen-bond acceptors (Lipinski definition) is 7. The van der Waals surface area contributed by atoms with Crippen molar-refractivity contribution in [2.45, 2.75) is 11.4 Å². The zero-order valence-electron chi connectivity index (χ0n) is 10.4. The third-order valence-corrected chi connectivity index (χ3v) is 3.14. The molecule has 2 heterocycles. The van der Waals surface area contributed by atoms with E-state index in [-0.39, 0.29) is 0 Å². The lowest BCUT2D eigenvalue weighted by Gasteiger charge is -1.94. The molecule has 0 saturated carbocycles. The predicted octanol–water partition coefficient (Wildman–Crippen LogP) is 0.757. The van der Waals surface area contributed by atoms with Gasteiger partial charge in [0.15, 0.2) is 18.9 Å². The van der Waals surface area contributed by atoms with Crippen molar-refractivity contribution in [3.63, 3.8) is 0 Å². The summed E-state index contributed by atoms with van der Waals surface area (Å²) in [6.45, 7) is 0.797. The summed E-state index contributed by atoms with van der Waals surface area (Å²) in [6.07, 6.45) is 6.80. The summed E-state index contributed by atoms with van der Waals surface area (Å²) >= 11 is 3.13. The average Bonchev–Trinajstić information content (AvgIpc) is 2.81. The van der Waals surface area contributed by atoms with Gasteiger partial charge < -0.3 is 4.55 Å². The van der Waals surface area contributed by atoms with Crippen LogP contribution < -0.4 is 4.57 Å². The maximum absolute atomic E-state index is 9.08. The SMILES string of the molecule is CS(=O)(=O)[O-].CSc1cc[n+](Cc2csnn2)cc1. The standard InChI is InChI=1S/C9H10N3S2.CH4O3S/c1-13-9-2-4-12(5-3-9)6-8-7-14-11-10-8;1-5(2,3)4/h2-5,7H,6H2,1H3;1H3,(H,2,3,4)/q+1;/p-1. The Balaban J connectivity index is 0.000000312. The van der Waals surface area contributed by atoms with Gasteiger partial charge in [-0.1, -0.05) is 4.49 Å². The Hall–Kier alpha value is -1.03. The molecule has 2 aromatic heterocycles. The molecule has 2 rings (SSSR count). The second-order valence-corrected chi connectivity index (χ2v) is 6.41. The third-order valence-electron chi connectivity index (χ3n) is 1.85. The minimum atomic E-state index is -3.92. The van der Waals surface area contributed by atoms with Gasteiger partial charge in [0.2, 0.25) is 0 Å². The molecule has 2 aromatic rings. The van der Waals surface area contributed by atoms with Gasteiger partial charge in [0, 0.05) is 28.7 Å². The van der Waals surface area contributed by atoms with Gasteiger partial charge in [0.1, 0.15) is 5.69 Å². The molecule has 0 spiro atoms. The lowest BCUT2D eigenvalue weighted by atomic mass is 10.4. The quantitative estimate of drug-likeness (QED) is 0.471. The largest absolute Gasteiger partial charge is 0.748 e. The van der Waals surface area contributed by atoms with Gasteiger partial charge in [-0.25, -0.2) is 8.42 Å². The molecule has 6 nitrogen and oxygen atoms in total. The summed E-state index contributed by atoms with van der Waals surface area (Å²) < 4.78 is 33.1. The Kier molecular flexibility index (Phi) is 6.35. The van der Waals surface area contributed by atoms with Gasteiger partial charge in [-0.3, -0.25) is 0 Å². The number of hydrogen-bond donors (Lipinski definition) is 0. The maximum atomic E-state index is 9.08. The molecule has 0 aliphatic carbocycles. The van der Waals surface area contributed by atoms with Crippen LogP contribution in [-0.4, -0.2) is 35.1 Å². The first-order chi connectivity index (χ1) is 8.88. The van der Waals surface area contributed by atoms with Crippen LogP contribution in [0.4, 0.5) is 0 Å². The van der Waals surface area contributed by atoms with E-state index in [1.54, 1.807) is 11.8 Å². The zero-order valence-corrected chi connectivity index (χ0v) is 12.8. The number of thioether (sulfide) groups is 1. The molecule has 0 aromatic carbocycles. The van der Waals surface area contributed by atoms with E-state index in [2.05, 4.69) is 44.9 Å². The summed E-state index contributed by atoms with van der Waals surface area (Å²) in [4.78, 5) is 1.28. The minimum absolute atomic E-state index is 0.604. The van der Waals surface area contributed by atoms with Gasteiger partial charge in [0.05, 0.1) is 10.1 Å². The van der Waals surface area contributed by atoms with Crippen molar-refractivity contribution < 1.29 is 17.5 Å². The number of aromatic nitrogens is 3. The van der Waals surface area contributed by atoms with E-state index in [9.17, 15) is 0 Å². The van der Waals surface area contributed by atoms with Crippen LogP contribution in [0.1, 0.15) is 5.69 Å². The van der Waals surface area contributed by atoms with Gasteiger partial charge >= 0.3 is 0 Å². The first kappa shape index (κ1) is 16.0. The summed E-state index contributed by atoms with van der Waals surface area (Å²) in [5, 5.41) is 5.96. The topological polar surface area (TPSA) is 86.9 Å². The molecule has 0 fully saturated rings. The summed E-state index contributed by atoms with van der Waals surface area (Å²) in [5.74, 6) is 0. The van der Waals surface area contributed by atoms with Crippen LogP contribution in [0.3, 0.4) is 0 Å². The van der Waals surface area contributed by atoms with Gasteiger partial charge in [-0.15, -0.1) is 16.9 Å². The summed E-state index contributed by atoms with van der Waals surface area (Å²) in [7, 11) is -3.92. The fourth-order valence-electron chi connectivity index (χ4n) is 1.13. The molecular weight excluding hydrogens is 306 g/mol. The first-order valence-corrected chi connectivity index (χ1v) is 8.96. The van der Waals surface area contributed by atoms with E-state index in [0.29, 0.717) is 6.26 Å². The van der Waals surface area contributed by atoms with Crippen molar-refractivity contribution in [2.24, 2.45) is 0 Å². The zero-order chi connectivity index (χ0) is 14.3. The molecule has 9 heteroatoms. The van der Waals surface area contributed by atoms with Crippen LogP contribution in [0.15, 0.2) is 34.8 Å². The molecule has 0 bridgehead atoms. The molecule has 0 radical (unpaired) electrons. The number of nitrogens with zero attached hydrogens (tertiary/aromatic N) is 3. The lowest BCUT2D eigenvalue weighted by Crippen LogP contribution is -2.33. The Morgan fingerprint density at radius 3 is 2.42 bits per heavy atom. The van der Waals surface area contributed by atoms with Gasteiger partial charge in [-0.05, 0) is 17.8 Å². The Bertz CT molecular complexity index is 574. The minimum Gasteiger partial charge on any atom is -0.748 e. The smallest absolute Gasteiger partial charge is 0.193 e. The highest BCUT2D eigenvalue weighted by molar-refractivity contribution is 7.98. The maximum Gasteiger partial charge on any atom is 0.193 e. The Morgan fingerprint density at radius 2 is 2.00 bits per heavy atom. The van der Waals surface area contributed by atoms with Crippen molar-refractivity contribution in [3.8, 4) is 0 Å². The Labute approximate surface area is 120 Å². The third kappa shape index (κ3) is 7.88. The average molecular weight is 319 g/mol. The molecule has 0 N–H and O–H groups in total. The van der Waals surface area contributed by atoms with Crippen molar-refractivity contribution in [2.75, 3.05) is 12.5 Å². The van der Waals surface area contributed by atoms with E-state index in [1.807, 2.05) is 5.38 Å². The molecule has 0 aliphatic rings. The molecule has 0 unspecified atom stereocenters. The van der Waals surface area contributed by atoms with E-state index >= 15 is 0 Å². The van der Waals surface area contributed by atoms with Crippen molar-refractivity contribution in [1.82, 2.24) is 9.59 Å². The highest BCUT2D eigenvalue weighted by Crippen LogP contribution is 2.10. The fraction of sp³-hybridized carbons (Fsp3) is 0.300. The monoisotopic (exact) mass is 319 g/mol. The van der Waals surface area contributed by atoms with Crippen LogP contribution in [0, 0.1) is 0 Å². The molecule has 0 saturated heterocycles. The molecule has 19 heavy (non-hydrogen) atoms. The van der Waals surface area contributed by atoms with Crippen LogP contribution in [0.2, 0.25) is 0 Å². The van der Waals surface area contributed by atoms with Crippen molar-refractivity contribution in [3.05, 3.63) is 35.6 Å². The molecule has 0 atom stereocenters. The number of pyridine rings is 1. The molecule has 104 valence electrons. The predicted molar refractivity (Wildman–Crippen MR) is 73.1 cm³/mol. The van der Waals surface area contributed by atoms with Crippen LogP contribution in [-0.2, 0) is 16.7 Å². The molecule has 0 aliphatic heterocycles.